The van der Waals surface area contributed by atoms with E-state index in [4.69, 9.17) is 4.74 Å². The zero-order chi connectivity index (χ0) is 17.8. The zero-order valence-electron chi connectivity index (χ0n) is 13.4. The van der Waals surface area contributed by atoms with Crippen LogP contribution in [0.2, 0.25) is 0 Å². The minimum absolute atomic E-state index is 0.422. The molecule has 1 rings (SSSR count). The number of aromatic nitrogens is 2. The number of allylic oxidation sites excluding steroid dienone is 2. The lowest BCUT2D eigenvalue weighted by Gasteiger charge is -2.40. The Bertz CT molecular complexity index is 590. The summed E-state index contributed by atoms with van der Waals surface area (Å²) in [5.74, 6) is -6.35. The SMILES string of the molecule is C=CC=C(C=C)C(OC(O)(O)C(O)(O)N(C)C)c1ccnn1C. The maximum atomic E-state index is 10.1. The van der Waals surface area contributed by atoms with Gasteiger partial charge in [0.2, 0.25) is 0 Å². The molecule has 1 atom stereocenters. The molecule has 0 aliphatic rings. The monoisotopic (exact) mass is 325 g/mol. The van der Waals surface area contributed by atoms with Gasteiger partial charge >= 0.3 is 11.9 Å². The molecule has 0 bridgehead atoms. The fourth-order valence-corrected chi connectivity index (χ4v) is 1.87. The molecule has 0 radical (unpaired) electrons. The number of likely N-dealkylation sites (N-methyl/N-ethyl adjacent to an activating group) is 1. The van der Waals surface area contributed by atoms with Gasteiger partial charge in [-0.1, -0.05) is 31.4 Å². The molecule has 8 heteroatoms. The first-order valence-electron chi connectivity index (χ1n) is 6.76. The van der Waals surface area contributed by atoms with E-state index >= 15 is 0 Å². The summed E-state index contributed by atoms with van der Waals surface area (Å²) >= 11 is 0. The summed E-state index contributed by atoms with van der Waals surface area (Å²) < 4.78 is 6.67. The third kappa shape index (κ3) is 3.94. The highest BCUT2D eigenvalue weighted by molar-refractivity contribution is 5.30. The van der Waals surface area contributed by atoms with Crippen LogP contribution in [0.25, 0.3) is 0 Å². The molecule has 1 unspecified atom stereocenters. The average Bonchev–Trinajstić information content (AvgIpc) is 2.88. The van der Waals surface area contributed by atoms with Gasteiger partial charge in [0.05, 0.1) is 5.69 Å². The molecule has 0 spiro atoms. The van der Waals surface area contributed by atoms with E-state index < -0.39 is 18.0 Å². The summed E-state index contributed by atoms with van der Waals surface area (Å²) in [5, 5.41) is 43.9. The molecule has 8 nitrogen and oxygen atoms in total. The Morgan fingerprint density at radius 2 is 1.96 bits per heavy atom. The Hall–Kier alpha value is -1.81. The van der Waals surface area contributed by atoms with Crippen LogP contribution in [0, 0.1) is 0 Å². The predicted octanol–water partition coefficient (Wildman–Crippen LogP) is -0.385. The molecule has 0 saturated heterocycles. The normalized spacial score (nSPS) is 14.9. The molecule has 4 N–H and O–H groups in total. The van der Waals surface area contributed by atoms with E-state index in [1.54, 1.807) is 19.2 Å². The summed E-state index contributed by atoms with van der Waals surface area (Å²) in [6, 6.07) is 1.59. The average molecular weight is 325 g/mol. The van der Waals surface area contributed by atoms with E-state index in [0.717, 1.165) is 4.90 Å². The van der Waals surface area contributed by atoms with Crippen LogP contribution < -0.4 is 0 Å². The van der Waals surface area contributed by atoms with Crippen LogP contribution in [-0.2, 0) is 11.8 Å². The topological polar surface area (TPSA) is 111 Å². The van der Waals surface area contributed by atoms with Crippen molar-refractivity contribution < 1.29 is 25.2 Å². The fraction of sp³-hybridized carbons (Fsp3) is 0.400. The summed E-state index contributed by atoms with van der Waals surface area (Å²) in [7, 11) is 4.13. The van der Waals surface area contributed by atoms with Crippen molar-refractivity contribution in [1.29, 1.82) is 0 Å². The van der Waals surface area contributed by atoms with Crippen molar-refractivity contribution >= 4 is 0 Å². The molecule has 1 heterocycles. The van der Waals surface area contributed by atoms with Gasteiger partial charge in [-0.15, -0.1) is 0 Å². The van der Waals surface area contributed by atoms with Gasteiger partial charge < -0.3 is 25.2 Å². The summed E-state index contributed by atoms with van der Waals surface area (Å²) in [5.41, 5.74) is 0.866. The lowest BCUT2D eigenvalue weighted by Crippen LogP contribution is -2.64. The van der Waals surface area contributed by atoms with Crippen LogP contribution in [0.4, 0.5) is 0 Å². The van der Waals surface area contributed by atoms with Crippen LogP contribution in [0.15, 0.2) is 49.2 Å². The van der Waals surface area contributed by atoms with Crippen LogP contribution in [-0.4, -0.2) is 61.1 Å². The van der Waals surface area contributed by atoms with Gasteiger partial charge in [-0.05, 0) is 25.7 Å². The third-order valence-corrected chi connectivity index (χ3v) is 3.32. The lowest BCUT2D eigenvalue weighted by atomic mass is 10.1. The van der Waals surface area contributed by atoms with Crippen LogP contribution in [0.1, 0.15) is 11.8 Å². The number of hydrogen-bond donors (Lipinski definition) is 4. The van der Waals surface area contributed by atoms with Crippen molar-refractivity contribution in [3.8, 4) is 0 Å². The summed E-state index contributed by atoms with van der Waals surface area (Å²) in [6.45, 7) is 7.22. The summed E-state index contributed by atoms with van der Waals surface area (Å²) in [4.78, 5) is 0.790. The molecule has 0 fully saturated rings. The molecule has 0 aromatic carbocycles. The maximum absolute atomic E-state index is 10.1. The van der Waals surface area contributed by atoms with Gasteiger partial charge in [-0.3, -0.25) is 9.58 Å². The highest BCUT2D eigenvalue weighted by atomic mass is 16.8. The molecule has 1 aromatic rings. The van der Waals surface area contributed by atoms with E-state index in [1.807, 2.05) is 0 Å². The number of nitrogens with zero attached hydrogens (tertiary/aromatic N) is 3. The van der Waals surface area contributed by atoms with Crippen LogP contribution in [0.3, 0.4) is 0 Å². The third-order valence-electron chi connectivity index (χ3n) is 3.32. The number of aliphatic hydroxyl groups is 4. The van der Waals surface area contributed by atoms with E-state index in [-0.39, 0.29) is 0 Å². The smallest absolute Gasteiger partial charge is 0.347 e. The maximum Gasteiger partial charge on any atom is 0.352 e. The Morgan fingerprint density at radius 3 is 2.35 bits per heavy atom. The van der Waals surface area contributed by atoms with Gasteiger partial charge in [0.1, 0.15) is 6.10 Å². The molecular weight excluding hydrogens is 302 g/mol. The van der Waals surface area contributed by atoms with E-state index in [2.05, 4.69) is 18.3 Å². The first-order chi connectivity index (χ1) is 10.6. The van der Waals surface area contributed by atoms with Gasteiger partial charge in [0, 0.05) is 13.2 Å². The second kappa shape index (κ2) is 7.18. The van der Waals surface area contributed by atoms with Gasteiger partial charge in [-0.25, -0.2) is 0 Å². The Balaban J connectivity index is 3.32. The van der Waals surface area contributed by atoms with Gasteiger partial charge in [-0.2, -0.15) is 5.10 Å². The Kier molecular flexibility index (Phi) is 6.00. The van der Waals surface area contributed by atoms with Crippen LogP contribution in [0.5, 0.6) is 0 Å². The van der Waals surface area contributed by atoms with Crippen molar-refractivity contribution in [2.75, 3.05) is 14.1 Å². The van der Waals surface area contributed by atoms with E-state index in [1.165, 1.54) is 37.1 Å². The minimum atomic E-state index is -3.30. The van der Waals surface area contributed by atoms with Crippen LogP contribution >= 0.6 is 0 Å². The first-order valence-corrected chi connectivity index (χ1v) is 6.76. The highest BCUT2D eigenvalue weighted by Crippen LogP contribution is 2.33. The highest BCUT2D eigenvalue weighted by Gasteiger charge is 2.53. The number of aryl methyl sites for hydroxylation is 1. The quantitative estimate of drug-likeness (QED) is 0.381. The van der Waals surface area contributed by atoms with Gasteiger partial charge in [0.25, 0.3) is 0 Å². The Morgan fingerprint density at radius 1 is 1.35 bits per heavy atom. The van der Waals surface area contributed by atoms with Crippen molar-refractivity contribution in [2.45, 2.75) is 18.0 Å². The zero-order valence-corrected chi connectivity index (χ0v) is 13.4. The fourth-order valence-electron chi connectivity index (χ4n) is 1.87. The standard InChI is InChI=1S/C15H23N3O5/c1-6-8-11(7-2)13(12-9-10-16-18(12)5)23-15(21,22)14(19,20)17(3)4/h6-10,13,19-22H,1-2H2,3-5H3. The first kappa shape index (κ1) is 19.2. The molecule has 0 aliphatic heterocycles. The van der Waals surface area contributed by atoms with Crippen molar-refractivity contribution in [3.05, 3.63) is 54.9 Å². The number of hydrogen-bond acceptors (Lipinski definition) is 7. The number of ether oxygens (including phenoxy) is 1. The lowest BCUT2D eigenvalue weighted by molar-refractivity contribution is -0.498. The Labute approximate surface area is 134 Å². The minimum Gasteiger partial charge on any atom is -0.347 e. The predicted molar refractivity (Wildman–Crippen MR) is 83.5 cm³/mol. The van der Waals surface area contributed by atoms with E-state index in [0.29, 0.717) is 11.3 Å². The molecule has 128 valence electrons. The molecular formula is C15H23N3O5. The molecule has 0 amide bonds. The second-order valence-electron chi connectivity index (χ2n) is 5.12. The van der Waals surface area contributed by atoms with Crippen molar-refractivity contribution in [1.82, 2.24) is 14.7 Å². The summed E-state index contributed by atoms with van der Waals surface area (Å²) in [6.07, 6.45) is 4.87. The van der Waals surface area contributed by atoms with Crippen molar-refractivity contribution in [3.63, 3.8) is 0 Å². The van der Waals surface area contributed by atoms with E-state index in [9.17, 15) is 20.4 Å². The van der Waals surface area contributed by atoms with Crippen molar-refractivity contribution in [2.24, 2.45) is 7.05 Å². The number of rotatable bonds is 8. The largest absolute Gasteiger partial charge is 0.352 e. The molecule has 0 saturated carbocycles. The molecule has 0 aliphatic carbocycles. The second-order valence-corrected chi connectivity index (χ2v) is 5.12. The molecule has 23 heavy (non-hydrogen) atoms. The van der Waals surface area contributed by atoms with Gasteiger partial charge in [0.15, 0.2) is 0 Å². The molecule has 1 aromatic heterocycles.